The average Bonchev–Trinajstić information content (AvgIpc) is 2.85. The molecule has 2 N–H and O–H groups in total. The fourth-order valence-corrected chi connectivity index (χ4v) is 4.30. The molecule has 0 radical (unpaired) electrons. The van der Waals surface area contributed by atoms with Gasteiger partial charge in [-0.05, 0) is 71.3 Å². The summed E-state index contributed by atoms with van der Waals surface area (Å²) in [4.78, 5) is 11.5. The molecule has 1 amide bonds. The lowest BCUT2D eigenvalue weighted by molar-refractivity contribution is -0.118. The first-order chi connectivity index (χ1) is 13.6. The summed E-state index contributed by atoms with van der Waals surface area (Å²) in [6, 6.07) is 22.7. The van der Waals surface area contributed by atoms with E-state index in [2.05, 4.69) is 47.8 Å². The third-order valence-corrected chi connectivity index (χ3v) is 5.60. The number of aliphatic hydroxyl groups excluding tert-OH is 1. The molecule has 3 aromatic rings. The molecule has 0 bridgehead atoms. The minimum absolute atomic E-state index is 0.231. The fourth-order valence-electron chi connectivity index (χ4n) is 4.10. The van der Waals surface area contributed by atoms with Gasteiger partial charge in [0, 0.05) is 16.6 Å². The summed E-state index contributed by atoms with van der Waals surface area (Å²) in [5, 5.41) is 12.5. The zero-order valence-corrected chi connectivity index (χ0v) is 16.2. The van der Waals surface area contributed by atoms with Crippen LogP contribution in [0.15, 0.2) is 66.7 Å². The molecule has 0 heterocycles. The van der Waals surface area contributed by atoms with E-state index in [-0.39, 0.29) is 5.92 Å². The summed E-state index contributed by atoms with van der Waals surface area (Å²) < 4.78 is 0. The fraction of sp³-hybridized carbons (Fsp3) is 0.208. The first kappa shape index (κ1) is 18.7. The lowest BCUT2D eigenvalue weighted by atomic mass is 9.83. The number of aliphatic hydroxyl groups is 1. The summed E-state index contributed by atoms with van der Waals surface area (Å²) in [5.41, 5.74) is 7.20. The van der Waals surface area contributed by atoms with Crippen molar-refractivity contribution in [2.45, 2.75) is 25.2 Å². The van der Waals surface area contributed by atoms with Crippen LogP contribution in [-0.4, -0.2) is 17.6 Å². The van der Waals surface area contributed by atoms with Gasteiger partial charge in [0.05, 0.1) is 0 Å². The standard InChI is InChI=1S/C24H22ClNO2/c25-19-10-11-22-18(14-19)9-8-17-5-1-2-7-21(17)23(22)13-16-4-3-6-20(12-16)26-24(28)15-27/h1-7,10-12,14,23,27H,8-9,13,15H2,(H,26,28). The second-order valence-electron chi connectivity index (χ2n) is 7.21. The molecule has 0 spiro atoms. The number of fused-ring (bicyclic) bond motifs is 2. The Kier molecular flexibility index (Phi) is 5.47. The first-order valence-electron chi connectivity index (χ1n) is 9.50. The van der Waals surface area contributed by atoms with E-state index in [9.17, 15) is 4.79 Å². The van der Waals surface area contributed by atoms with E-state index in [1.165, 1.54) is 22.3 Å². The molecule has 0 aliphatic heterocycles. The van der Waals surface area contributed by atoms with Crippen molar-refractivity contribution in [3.05, 3.63) is 99.6 Å². The maximum Gasteiger partial charge on any atom is 0.250 e. The van der Waals surface area contributed by atoms with Crippen molar-refractivity contribution < 1.29 is 9.90 Å². The number of nitrogens with one attached hydrogen (secondary N) is 1. The number of hydrogen-bond acceptors (Lipinski definition) is 2. The van der Waals surface area contributed by atoms with Gasteiger partial charge in [0.15, 0.2) is 0 Å². The molecule has 0 fully saturated rings. The zero-order chi connectivity index (χ0) is 19.5. The van der Waals surface area contributed by atoms with Gasteiger partial charge in [-0.25, -0.2) is 0 Å². The van der Waals surface area contributed by atoms with Gasteiger partial charge in [-0.15, -0.1) is 0 Å². The molecule has 1 aliphatic rings. The summed E-state index contributed by atoms with van der Waals surface area (Å²) in [5.74, 6) is -0.174. The largest absolute Gasteiger partial charge is 0.387 e. The molecule has 28 heavy (non-hydrogen) atoms. The zero-order valence-electron chi connectivity index (χ0n) is 15.5. The van der Waals surface area contributed by atoms with Gasteiger partial charge in [0.2, 0.25) is 5.91 Å². The molecule has 4 heteroatoms. The highest BCUT2D eigenvalue weighted by atomic mass is 35.5. The molecule has 0 saturated heterocycles. The Morgan fingerprint density at radius 2 is 1.75 bits per heavy atom. The lowest BCUT2D eigenvalue weighted by Crippen LogP contribution is -2.15. The second kappa shape index (κ2) is 8.17. The Hall–Kier alpha value is -2.62. The third kappa shape index (κ3) is 3.96. The van der Waals surface area contributed by atoms with Gasteiger partial charge < -0.3 is 10.4 Å². The Morgan fingerprint density at radius 3 is 2.61 bits per heavy atom. The van der Waals surface area contributed by atoms with Crippen LogP contribution in [-0.2, 0) is 24.1 Å². The van der Waals surface area contributed by atoms with Crippen LogP contribution in [0.5, 0.6) is 0 Å². The van der Waals surface area contributed by atoms with Crippen molar-refractivity contribution in [1.82, 2.24) is 0 Å². The van der Waals surface area contributed by atoms with Crippen LogP contribution in [0.1, 0.15) is 33.7 Å². The van der Waals surface area contributed by atoms with E-state index in [1.807, 2.05) is 24.3 Å². The van der Waals surface area contributed by atoms with Crippen molar-refractivity contribution in [2.75, 3.05) is 11.9 Å². The van der Waals surface area contributed by atoms with Crippen LogP contribution in [0.4, 0.5) is 5.69 Å². The molecular weight excluding hydrogens is 370 g/mol. The Balaban J connectivity index is 1.73. The second-order valence-corrected chi connectivity index (χ2v) is 7.64. The SMILES string of the molecule is O=C(CO)Nc1cccc(CC2c3ccccc3CCc3cc(Cl)ccc32)c1. The molecule has 3 aromatic carbocycles. The number of aryl methyl sites for hydroxylation is 2. The van der Waals surface area contributed by atoms with Crippen molar-refractivity contribution in [3.63, 3.8) is 0 Å². The Labute approximate surface area is 170 Å². The molecular formula is C24H22ClNO2. The smallest absolute Gasteiger partial charge is 0.250 e. The van der Waals surface area contributed by atoms with Crippen molar-refractivity contribution in [3.8, 4) is 0 Å². The van der Waals surface area contributed by atoms with Gasteiger partial charge in [-0.2, -0.15) is 0 Å². The van der Waals surface area contributed by atoms with Crippen molar-refractivity contribution in [2.24, 2.45) is 0 Å². The van der Waals surface area contributed by atoms with Gasteiger partial charge in [-0.1, -0.05) is 54.1 Å². The number of halogens is 1. The topological polar surface area (TPSA) is 49.3 Å². The number of amides is 1. The quantitative estimate of drug-likeness (QED) is 0.674. The van der Waals surface area contributed by atoms with Crippen LogP contribution in [0.2, 0.25) is 5.02 Å². The predicted molar refractivity (Wildman–Crippen MR) is 113 cm³/mol. The van der Waals surface area contributed by atoms with Gasteiger partial charge in [-0.3, -0.25) is 4.79 Å². The maximum atomic E-state index is 11.5. The molecule has 1 unspecified atom stereocenters. The van der Waals surface area contributed by atoms with Crippen LogP contribution in [0.3, 0.4) is 0 Å². The molecule has 3 nitrogen and oxygen atoms in total. The number of rotatable bonds is 4. The van der Waals surface area contributed by atoms with Gasteiger partial charge in [0.25, 0.3) is 0 Å². The third-order valence-electron chi connectivity index (χ3n) is 5.37. The molecule has 0 aromatic heterocycles. The van der Waals surface area contributed by atoms with E-state index >= 15 is 0 Å². The van der Waals surface area contributed by atoms with Crippen molar-refractivity contribution >= 4 is 23.2 Å². The van der Waals surface area contributed by atoms with E-state index < -0.39 is 12.5 Å². The van der Waals surface area contributed by atoms with Gasteiger partial charge >= 0.3 is 0 Å². The van der Waals surface area contributed by atoms with Crippen LogP contribution < -0.4 is 5.32 Å². The lowest BCUT2D eigenvalue weighted by Gasteiger charge is -2.21. The van der Waals surface area contributed by atoms with E-state index in [0.29, 0.717) is 5.69 Å². The number of benzene rings is 3. The summed E-state index contributed by atoms with van der Waals surface area (Å²) in [7, 11) is 0. The molecule has 1 aliphatic carbocycles. The first-order valence-corrected chi connectivity index (χ1v) is 9.87. The van der Waals surface area contributed by atoms with E-state index in [4.69, 9.17) is 16.7 Å². The van der Waals surface area contributed by atoms with Gasteiger partial charge in [0.1, 0.15) is 6.61 Å². The van der Waals surface area contributed by atoms with Crippen LogP contribution in [0, 0.1) is 0 Å². The Bertz CT molecular complexity index is 1010. The highest BCUT2D eigenvalue weighted by Crippen LogP contribution is 2.37. The number of carbonyl (C=O) groups is 1. The molecule has 1 atom stereocenters. The average molecular weight is 392 g/mol. The van der Waals surface area contributed by atoms with E-state index in [0.717, 1.165) is 29.8 Å². The monoisotopic (exact) mass is 391 g/mol. The summed E-state index contributed by atoms with van der Waals surface area (Å²) in [6.07, 6.45) is 2.82. The Morgan fingerprint density at radius 1 is 0.964 bits per heavy atom. The normalized spacial score (nSPS) is 15.3. The minimum atomic E-state index is -0.519. The highest BCUT2D eigenvalue weighted by molar-refractivity contribution is 6.30. The number of carbonyl (C=O) groups excluding carboxylic acids is 1. The highest BCUT2D eigenvalue weighted by Gasteiger charge is 2.24. The molecule has 142 valence electrons. The number of hydrogen-bond donors (Lipinski definition) is 2. The summed E-state index contributed by atoms with van der Waals surface area (Å²) >= 11 is 6.27. The maximum absolute atomic E-state index is 11.5. The van der Waals surface area contributed by atoms with Crippen LogP contribution in [0.25, 0.3) is 0 Å². The van der Waals surface area contributed by atoms with E-state index in [1.54, 1.807) is 0 Å². The molecule has 0 saturated carbocycles. The summed E-state index contributed by atoms with van der Waals surface area (Å²) in [6.45, 7) is -0.519. The van der Waals surface area contributed by atoms with Crippen molar-refractivity contribution in [1.29, 1.82) is 0 Å². The number of anilines is 1. The molecule has 4 rings (SSSR count). The van der Waals surface area contributed by atoms with Crippen LogP contribution >= 0.6 is 11.6 Å². The minimum Gasteiger partial charge on any atom is -0.387 e. The predicted octanol–water partition coefficient (Wildman–Crippen LogP) is 4.74.